The Morgan fingerprint density at radius 3 is 3.00 bits per heavy atom. The summed E-state index contributed by atoms with van der Waals surface area (Å²) in [5.41, 5.74) is 0.156. The summed E-state index contributed by atoms with van der Waals surface area (Å²) in [5.74, 6) is -0.961. The molecule has 0 spiro atoms. The van der Waals surface area contributed by atoms with Crippen molar-refractivity contribution < 1.29 is 14.7 Å². The van der Waals surface area contributed by atoms with Gasteiger partial charge in [-0.3, -0.25) is 4.79 Å². The van der Waals surface area contributed by atoms with E-state index in [0.29, 0.717) is 19.4 Å². The molecule has 1 amide bonds. The van der Waals surface area contributed by atoms with Crippen LogP contribution in [0.1, 0.15) is 55.4 Å². The van der Waals surface area contributed by atoms with Crippen LogP contribution in [-0.4, -0.2) is 34.0 Å². The van der Waals surface area contributed by atoms with Gasteiger partial charge in [-0.15, -0.1) is 11.3 Å². The van der Waals surface area contributed by atoms with Crippen LogP contribution in [-0.2, 0) is 16.0 Å². The van der Waals surface area contributed by atoms with E-state index >= 15 is 0 Å². The summed E-state index contributed by atoms with van der Waals surface area (Å²) < 4.78 is 0. The molecule has 21 heavy (non-hydrogen) atoms. The molecule has 1 aliphatic carbocycles. The number of aryl methyl sites for hydroxylation is 1. The van der Waals surface area contributed by atoms with E-state index in [4.69, 9.17) is 0 Å². The fourth-order valence-corrected chi connectivity index (χ4v) is 4.86. The molecule has 2 aliphatic rings. The van der Waals surface area contributed by atoms with Crippen molar-refractivity contribution in [1.29, 1.82) is 0 Å². The van der Waals surface area contributed by atoms with Gasteiger partial charge in [-0.1, -0.05) is 6.92 Å². The minimum atomic E-state index is -0.981. The second-order valence-electron chi connectivity index (χ2n) is 6.03. The maximum Gasteiger partial charge on any atom is 0.329 e. The number of nitrogens with zero attached hydrogens (tertiary/aromatic N) is 1. The fourth-order valence-electron chi connectivity index (χ4n) is 3.87. The Hall–Kier alpha value is -1.36. The van der Waals surface area contributed by atoms with Crippen LogP contribution >= 0.6 is 11.3 Å². The summed E-state index contributed by atoms with van der Waals surface area (Å²) in [6.45, 7) is 2.45. The first-order chi connectivity index (χ1) is 10.1. The highest BCUT2D eigenvalue weighted by molar-refractivity contribution is 7.10. The maximum atomic E-state index is 13.0. The molecular weight excluding hydrogens is 286 g/mol. The van der Waals surface area contributed by atoms with Crippen molar-refractivity contribution in [2.45, 2.75) is 56.9 Å². The highest BCUT2D eigenvalue weighted by atomic mass is 32.1. The van der Waals surface area contributed by atoms with Gasteiger partial charge in [-0.2, -0.15) is 0 Å². The van der Waals surface area contributed by atoms with Gasteiger partial charge in [0.1, 0.15) is 5.54 Å². The van der Waals surface area contributed by atoms with E-state index in [9.17, 15) is 14.7 Å². The summed E-state index contributed by atoms with van der Waals surface area (Å²) in [6, 6.07) is 2.05. The molecular formula is C16H21NO3S. The molecule has 1 saturated heterocycles. The number of fused-ring (bicyclic) bond motifs is 1. The van der Waals surface area contributed by atoms with Gasteiger partial charge in [0, 0.05) is 11.4 Å². The third-order valence-corrected chi connectivity index (χ3v) is 6.08. The van der Waals surface area contributed by atoms with Crippen molar-refractivity contribution in [2.75, 3.05) is 6.54 Å². The SMILES string of the molecule is CCC1(C(=O)O)CCCN1C(=O)C1CCCc2sccc21. The highest BCUT2D eigenvalue weighted by Crippen LogP contribution is 2.40. The lowest BCUT2D eigenvalue weighted by atomic mass is 9.85. The second kappa shape index (κ2) is 5.44. The minimum Gasteiger partial charge on any atom is -0.479 e. The number of hydrogen-bond donors (Lipinski definition) is 1. The molecule has 5 heteroatoms. The normalized spacial score (nSPS) is 28.4. The molecule has 1 aliphatic heterocycles. The number of carbonyl (C=O) groups excluding carboxylic acids is 1. The van der Waals surface area contributed by atoms with Crippen LogP contribution in [0, 0.1) is 0 Å². The van der Waals surface area contributed by atoms with E-state index in [2.05, 4.69) is 0 Å². The Morgan fingerprint density at radius 1 is 1.48 bits per heavy atom. The van der Waals surface area contributed by atoms with Gasteiger partial charge in [-0.25, -0.2) is 4.79 Å². The van der Waals surface area contributed by atoms with E-state index in [0.717, 1.165) is 31.2 Å². The molecule has 0 aromatic carbocycles. The Balaban J connectivity index is 1.91. The summed E-state index contributed by atoms with van der Waals surface area (Å²) in [6.07, 6.45) is 4.76. The van der Waals surface area contributed by atoms with Gasteiger partial charge < -0.3 is 10.0 Å². The number of hydrogen-bond acceptors (Lipinski definition) is 3. The molecule has 2 unspecified atom stereocenters. The summed E-state index contributed by atoms with van der Waals surface area (Å²) >= 11 is 1.71. The van der Waals surface area contributed by atoms with E-state index in [1.54, 1.807) is 16.2 Å². The van der Waals surface area contributed by atoms with Gasteiger partial charge in [0.2, 0.25) is 5.91 Å². The Kier molecular flexibility index (Phi) is 3.78. The van der Waals surface area contributed by atoms with Crippen LogP contribution in [0.3, 0.4) is 0 Å². The Morgan fingerprint density at radius 2 is 2.29 bits per heavy atom. The lowest BCUT2D eigenvalue weighted by Gasteiger charge is -2.37. The van der Waals surface area contributed by atoms with Crippen molar-refractivity contribution in [2.24, 2.45) is 0 Å². The van der Waals surface area contributed by atoms with Gasteiger partial charge in [0.15, 0.2) is 0 Å². The van der Waals surface area contributed by atoms with Crippen molar-refractivity contribution in [3.63, 3.8) is 0 Å². The van der Waals surface area contributed by atoms with Crippen molar-refractivity contribution in [1.82, 2.24) is 4.90 Å². The monoisotopic (exact) mass is 307 g/mol. The molecule has 0 bridgehead atoms. The molecule has 4 nitrogen and oxygen atoms in total. The van der Waals surface area contributed by atoms with E-state index in [-0.39, 0.29) is 11.8 Å². The molecule has 1 aromatic rings. The zero-order chi connectivity index (χ0) is 15.0. The van der Waals surface area contributed by atoms with Gasteiger partial charge in [0.25, 0.3) is 0 Å². The summed E-state index contributed by atoms with van der Waals surface area (Å²) in [4.78, 5) is 27.7. The lowest BCUT2D eigenvalue weighted by molar-refractivity contribution is -0.157. The molecule has 1 fully saturated rings. The number of rotatable bonds is 3. The second-order valence-corrected chi connectivity index (χ2v) is 7.03. The maximum absolute atomic E-state index is 13.0. The first-order valence-corrected chi connectivity index (χ1v) is 8.59. The van der Waals surface area contributed by atoms with Gasteiger partial charge in [-0.05, 0) is 55.5 Å². The smallest absolute Gasteiger partial charge is 0.329 e. The van der Waals surface area contributed by atoms with Gasteiger partial charge >= 0.3 is 5.97 Å². The van der Waals surface area contributed by atoms with Crippen molar-refractivity contribution in [3.05, 3.63) is 21.9 Å². The number of aliphatic carboxylic acids is 1. The lowest BCUT2D eigenvalue weighted by Crippen LogP contribution is -2.54. The predicted octanol–water partition coefficient (Wildman–Crippen LogP) is 3.02. The number of amides is 1. The zero-order valence-corrected chi connectivity index (χ0v) is 13.1. The number of thiophene rings is 1. The fraction of sp³-hybridized carbons (Fsp3) is 0.625. The van der Waals surface area contributed by atoms with Crippen LogP contribution in [0.25, 0.3) is 0 Å². The average Bonchev–Trinajstić information content (AvgIpc) is 3.12. The largest absolute Gasteiger partial charge is 0.479 e. The first-order valence-electron chi connectivity index (χ1n) is 7.71. The summed E-state index contributed by atoms with van der Waals surface area (Å²) in [7, 11) is 0. The Bertz CT molecular complexity index is 568. The highest BCUT2D eigenvalue weighted by Gasteiger charge is 2.50. The topological polar surface area (TPSA) is 57.6 Å². The molecule has 0 saturated carbocycles. The van der Waals surface area contributed by atoms with Crippen LogP contribution in [0.2, 0.25) is 0 Å². The van der Waals surface area contributed by atoms with Crippen LogP contribution in [0.5, 0.6) is 0 Å². The average molecular weight is 307 g/mol. The van der Waals surface area contributed by atoms with Gasteiger partial charge in [0.05, 0.1) is 5.92 Å². The van der Waals surface area contributed by atoms with E-state index in [1.165, 1.54) is 4.88 Å². The minimum absolute atomic E-state index is 0.0242. The number of likely N-dealkylation sites (tertiary alicyclic amines) is 1. The molecule has 0 radical (unpaired) electrons. The Labute approximate surface area is 128 Å². The molecule has 114 valence electrons. The molecule has 1 aromatic heterocycles. The molecule has 2 atom stereocenters. The quantitative estimate of drug-likeness (QED) is 0.934. The van der Waals surface area contributed by atoms with Crippen LogP contribution in [0.4, 0.5) is 0 Å². The standard InChI is InChI=1S/C16H21NO3S/c1-2-16(15(19)20)8-4-9-17(16)14(18)12-5-3-6-13-11(12)7-10-21-13/h7,10,12H,2-6,8-9H2,1H3,(H,19,20). The van der Waals surface area contributed by atoms with Crippen molar-refractivity contribution in [3.8, 4) is 0 Å². The van der Waals surface area contributed by atoms with E-state index < -0.39 is 11.5 Å². The number of carboxylic acid groups (broad SMARTS) is 1. The van der Waals surface area contributed by atoms with E-state index in [1.807, 2.05) is 18.4 Å². The number of carbonyl (C=O) groups is 2. The molecule has 3 rings (SSSR count). The third-order valence-electron chi connectivity index (χ3n) is 5.09. The van der Waals surface area contributed by atoms with Crippen LogP contribution < -0.4 is 0 Å². The third kappa shape index (κ3) is 2.18. The summed E-state index contributed by atoms with van der Waals surface area (Å²) in [5, 5.41) is 11.7. The van der Waals surface area contributed by atoms with Crippen LogP contribution in [0.15, 0.2) is 11.4 Å². The predicted molar refractivity (Wildman–Crippen MR) is 81.6 cm³/mol. The molecule has 2 heterocycles. The zero-order valence-electron chi connectivity index (χ0n) is 12.3. The van der Waals surface area contributed by atoms with Crippen molar-refractivity contribution >= 4 is 23.2 Å². The first kappa shape index (κ1) is 14.6. The number of carboxylic acids is 1. The molecule has 1 N–H and O–H groups in total.